The van der Waals surface area contributed by atoms with Crippen molar-refractivity contribution < 1.29 is 14.3 Å². The number of aromatic amines is 1. The quantitative estimate of drug-likeness (QED) is 0.650. The predicted octanol–water partition coefficient (Wildman–Crippen LogP) is -0.135. The molecular weight excluding hydrogens is 167 g/mol. The lowest BCUT2D eigenvalue weighted by Gasteiger charge is -1.98. The van der Waals surface area contributed by atoms with Crippen molar-refractivity contribution in [1.29, 1.82) is 0 Å². The highest BCUT2D eigenvalue weighted by atomic mass is 19.1. The van der Waals surface area contributed by atoms with Gasteiger partial charge in [0, 0.05) is 6.07 Å². The van der Waals surface area contributed by atoms with Crippen molar-refractivity contribution in [3.8, 4) is 0 Å². The molecule has 1 aromatic heterocycles. The number of nitrogens with zero attached hydrogens (tertiary/aromatic N) is 1. The van der Waals surface area contributed by atoms with Gasteiger partial charge in [0.05, 0.1) is 0 Å². The normalized spacial score (nSPS) is 12.4. The highest BCUT2D eigenvalue weighted by molar-refractivity contribution is 5.73. The van der Waals surface area contributed by atoms with Crippen molar-refractivity contribution >= 4 is 5.97 Å². The molecule has 1 aromatic rings. The fraction of sp³-hybridized carbons (Fsp3) is 0.167. The summed E-state index contributed by atoms with van der Waals surface area (Å²) < 4.78 is 12.6. The standard InChI is InChI=1S/C6H5FN2O3/c7-5(6(11)12)3-1-2-4(10)9-8-3/h1-2,5H,(H,9,10)(H,11,12). The van der Waals surface area contributed by atoms with Gasteiger partial charge in [0.15, 0.2) is 0 Å². The number of aromatic nitrogens is 2. The van der Waals surface area contributed by atoms with E-state index in [1.807, 2.05) is 5.10 Å². The molecule has 0 aliphatic carbocycles. The summed E-state index contributed by atoms with van der Waals surface area (Å²) in [5.74, 6) is -1.63. The number of hydrogen-bond acceptors (Lipinski definition) is 3. The Morgan fingerprint density at radius 1 is 1.67 bits per heavy atom. The van der Waals surface area contributed by atoms with E-state index in [2.05, 4.69) is 5.10 Å². The summed E-state index contributed by atoms with van der Waals surface area (Å²) in [7, 11) is 0. The summed E-state index contributed by atoms with van der Waals surface area (Å²) in [5.41, 5.74) is -0.821. The molecule has 1 rings (SSSR count). The first-order chi connectivity index (χ1) is 5.61. The summed E-state index contributed by atoms with van der Waals surface area (Å²) in [5, 5.41) is 13.3. The fourth-order valence-electron chi connectivity index (χ4n) is 0.623. The number of carbonyl (C=O) groups is 1. The topological polar surface area (TPSA) is 83.0 Å². The second-order valence-electron chi connectivity index (χ2n) is 2.05. The third-order valence-electron chi connectivity index (χ3n) is 1.18. The van der Waals surface area contributed by atoms with Crippen LogP contribution in [0.15, 0.2) is 16.9 Å². The van der Waals surface area contributed by atoms with E-state index in [-0.39, 0.29) is 5.69 Å². The summed E-state index contributed by atoms with van der Waals surface area (Å²) in [4.78, 5) is 20.5. The van der Waals surface area contributed by atoms with Crippen LogP contribution >= 0.6 is 0 Å². The minimum absolute atomic E-state index is 0.317. The van der Waals surface area contributed by atoms with Gasteiger partial charge >= 0.3 is 5.97 Å². The number of H-pyrrole nitrogens is 1. The predicted molar refractivity (Wildman–Crippen MR) is 36.3 cm³/mol. The minimum atomic E-state index is -2.19. The molecule has 0 amide bonds. The van der Waals surface area contributed by atoms with Gasteiger partial charge in [0.25, 0.3) is 5.56 Å². The first kappa shape index (κ1) is 8.38. The van der Waals surface area contributed by atoms with Crippen molar-refractivity contribution in [2.75, 3.05) is 0 Å². The lowest BCUT2D eigenvalue weighted by Crippen LogP contribution is -2.13. The zero-order valence-corrected chi connectivity index (χ0v) is 5.82. The van der Waals surface area contributed by atoms with E-state index in [1.54, 1.807) is 0 Å². The van der Waals surface area contributed by atoms with Gasteiger partial charge in [-0.3, -0.25) is 4.79 Å². The smallest absolute Gasteiger partial charge is 0.344 e. The van der Waals surface area contributed by atoms with Gasteiger partial charge in [-0.2, -0.15) is 5.10 Å². The highest BCUT2D eigenvalue weighted by Crippen LogP contribution is 2.11. The third kappa shape index (κ3) is 1.66. The second kappa shape index (κ2) is 3.12. The summed E-state index contributed by atoms with van der Waals surface area (Å²) in [6.45, 7) is 0. The lowest BCUT2D eigenvalue weighted by atomic mass is 10.3. The Morgan fingerprint density at radius 3 is 2.75 bits per heavy atom. The molecule has 0 aliphatic heterocycles. The SMILES string of the molecule is O=C(O)C(F)c1ccc(=O)[nH]n1. The molecule has 64 valence electrons. The maximum atomic E-state index is 12.6. The van der Waals surface area contributed by atoms with Crippen LogP contribution in [0.25, 0.3) is 0 Å². The molecule has 0 spiro atoms. The molecule has 1 unspecified atom stereocenters. The molecule has 1 heterocycles. The van der Waals surface area contributed by atoms with E-state index in [9.17, 15) is 14.0 Å². The number of carboxylic acid groups (broad SMARTS) is 1. The van der Waals surface area contributed by atoms with Crippen LogP contribution in [0.1, 0.15) is 11.9 Å². The van der Waals surface area contributed by atoms with E-state index in [1.165, 1.54) is 0 Å². The molecule has 12 heavy (non-hydrogen) atoms. The first-order valence-electron chi connectivity index (χ1n) is 3.04. The van der Waals surface area contributed by atoms with Crippen LogP contribution in [0.5, 0.6) is 0 Å². The third-order valence-corrected chi connectivity index (χ3v) is 1.18. The van der Waals surface area contributed by atoms with Crippen LogP contribution in [-0.4, -0.2) is 21.3 Å². The van der Waals surface area contributed by atoms with Crippen molar-refractivity contribution in [3.05, 3.63) is 28.2 Å². The number of nitrogens with one attached hydrogen (secondary N) is 1. The van der Waals surface area contributed by atoms with Gasteiger partial charge in [0.2, 0.25) is 6.17 Å². The molecule has 0 aliphatic rings. The van der Waals surface area contributed by atoms with E-state index >= 15 is 0 Å². The average molecular weight is 172 g/mol. The molecule has 0 aromatic carbocycles. The van der Waals surface area contributed by atoms with Crippen molar-refractivity contribution in [1.82, 2.24) is 10.2 Å². The van der Waals surface area contributed by atoms with Crippen molar-refractivity contribution in [2.24, 2.45) is 0 Å². The maximum absolute atomic E-state index is 12.6. The Morgan fingerprint density at radius 2 is 2.33 bits per heavy atom. The van der Waals surface area contributed by atoms with Gasteiger partial charge in [0.1, 0.15) is 5.69 Å². The number of aliphatic carboxylic acids is 1. The highest BCUT2D eigenvalue weighted by Gasteiger charge is 2.19. The Kier molecular flexibility index (Phi) is 2.18. The molecule has 0 saturated heterocycles. The lowest BCUT2D eigenvalue weighted by molar-refractivity contribution is -0.143. The summed E-state index contributed by atoms with van der Waals surface area (Å²) in [6.07, 6.45) is -2.19. The van der Waals surface area contributed by atoms with Crippen LogP contribution < -0.4 is 5.56 Å². The average Bonchev–Trinajstić information content (AvgIpc) is 2.04. The number of carboxylic acids is 1. The Labute approximate surface area is 65.9 Å². The first-order valence-corrected chi connectivity index (χ1v) is 3.04. The molecule has 5 nitrogen and oxygen atoms in total. The number of rotatable bonds is 2. The number of alkyl halides is 1. The Balaban J connectivity index is 2.97. The van der Waals surface area contributed by atoms with Gasteiger partial charge in [-0.25, -0.2) is 14.3 Å². The van der Waals surface area contributed by atoms with Crippen LogP contribution in [0.4, 0.5) is 4.39 Å². The fourth-order valence-corrected chi connectivity index (χ4v) is 0.623. The molecule has 2 N–H and O–H groups in total. The number of hydrogen-bond donors (Lipinski definition) is 2. The molecule has 6 heteroatoms. The van der Waals surface area contributed by atoms with Crippen molar-refractivity contribution in [2.45, 2.75) is 6.17 Å². The summed E-state index contributed by atoms with van der Waals surface area (Å²) in [6, 6.07) is 2.04. The van der Waals surface area contributed by atoms with Gasteiger partial charge in [-0.1, -0.05) is 0 Å². The van der Waals surface area contributed by atoms with Gasteiger partial charge < -0.3 is 5.11 Å². The second-order valence-corrected chi connectivity index (χ2v) is 2.05. The van der Waals surface area contributed by atoms with E-state index in [0.29, 0.717) is 0 Å². The maximum Gasteiger partial charge on any atom is 0.344 e. The van der Waals surface area contributed by atoms with Crippen LogP contribution in [0.2, 0.25) is 0 Å². The van der Waals surface area contributed by atoms with E-state index < -0.39 is 17.7 Å². The molecule has 0 bridgehead atoms. The Hall–Kier alpha value is -1.72. The van der Waals surface area contributed by atoms with Crippen molar-refractivity contribution in [3.63, 3.8) is 0 Å². The minimum Gasteiger partial charge on any atom is -0.479 e. The zero-order chi connectivity index (χ0) is 9.14. The van der Waals surface area contributed by atoms with E-state index in [4.69, 9.17) is 5.11 Å². The largest absolute Gasteiger partial charge is 0.479 e. The van der Waals surface area contributed by atoms with Gasteiger partial charge in [-0.15, -0.1) is 0 Å². The molecular formula is C6H5FN2O3. The molecule has 0 saturated carbocycles. The Bertz CT molecular complexity index is 328. The summed E-state index contributed by atoms with van der Waals surface area (Å²) >= 11 is 0. The van der Waals surface area contributed by atoms with Crippen LogP contribution in [-0.2, 0) is 4.79 Å². The molecule has 0 fully saturated rings. The molecule has 0 radical (unpaired) electrons. The molecule has 1 atom stereocenters. The van der Waals surface area contributed by atoms with Crippen LogP contribution in [0.3, 0.4) is 0 Å². The van der Waals surface area contributed by atoms with Gasteiger partial charge in [-0.05, 0) is 6.07 Å². The number of halogens is 1. The zero-order valence-electron chi connectivity index (χ0n) is 5.82. The van der Waals surface area contributed by atoms with E-state index in [0.717, 1.165) is 12.1 Å². The monoisotopic (exact) mass is 172 g/mol. The van der Waals surface area contributed by atoms with Crippen LogP contribution in [0, 0.1) is 0 Å².